The van der Waals surface area contributed by atoms with Gasteiger partial charge in [0.25, 0.3) is 0 Å². The Morgan fingerprint density at radius 2 is 1.52 bits per heavy atom. The molecule has 2 aromatic rings. The molecule has 0 spiro atoms. The van der Waals surface area contributed by atoms with Gasteiger partial charge < -0.3 is 4.89 Å². The Labute approximate surface area is 125 Å². The molecule has 0 heterocycles. The Morgan fingerprint density at radius 3 is 2.24 bits per heavy atom. The van der Waals surface area contributed by atoms with Gasteiger partial charge in [-0.05, 0) is 48.6 Å². The molecule has 0 radical (unpaired) electrons. The molecule has 21 heavy (non-hydrogen) atoms. The van der Waals surface area contributed by atoms with E-state index in [1.54, 1.807) is 0 Å². The fraction of sp³-hybridized carbons (Fsp3) is 0.333. The first-order chi connectivity index (χ1) is 10.4. The van der Waals surface area contributed by atoms with Crippen LogP contribution in [0.2, 0.25) is 0 Å². The largest absolute Gasteiger partial charge is 0.314 e. The molecule has 3 heteroatoms. The van der Waals surface area contributed by atoms with Crippen molar-refractivity contribution in [3.05, 3.63) is 60.2 Å². The zero-order valence-electron chi connectivity index (χ0n) is 12.1. The summed E-state index contributed by atoms with van der Waals surface area (Å²) in [4.78, 5) is 10.2. The first-order valence-corrected chi connectivity index (χ1v) is 7.66. The van der Waals surface area contributed by atoms with E-state index in [4.69, 9.17) is 9.88 Å². The predicted molar refractivity (Wildman–Crippen MR) is 84.0 cm³/mol. The zero-order chi connectivity index (χ0) is 14.3. The van der Waals surface area contributed by atoms with Crippen molar-refractivity contribution in [3.63, 3.8) is 0 Å². The fourth-order valence-corrected chi connectivity index (χ4v) is 2.85. The second kappa shape index (κ2) is 7.14. The molecular formula is C18H21NO2. The monoisotopic (exact) mass is 283 g/mol. The quantitative estimate of drug-likeness (QED) is 0.613. The molecule has 1 fully saturated rings. The minimum atomic E-state index is 0.670. The zero-order valence-corrected chi connectivity index (χ0v) is 12.1. The summed E-state index contributed by atoms with van der Waals surface area (Å²) in [6.45, 7) is 0. The molecule has 1 saturated carbocycles. The Morgan fingerprint density at radius 1 is 0.810 bits per heavy atom. The van der Waals surface area contributed by atoms with Crippen LogP contribution in [0.1, 0.15) is 43.6 Å². The lowest BCUT2D eigenvalue weighted by molar-refractivity contribution is -0.178. The van der Waals surface area contributed by atoms with Crippen molar-refractivity contribution < 1.29 is 9.88 Å². The van der Waals surface area contributed by atoms with Gasteiger partial charge in [0.1, 0.15) is 0 Å². The maximum Gasteiger partial charge on any atom is 0.168 e. The highest BCUT2D eigenvalue weighted by molar-refractivity contribution is 5.43. The SMILES string of the molecule is c1ccc(OONc2ccc(C3CCCCC3)cc2)cc1. The number of rotatable bonds is 5. The summed E-state index contributed by atoms with van der Waals surface area (Å²) in [6.07, 6.45) is 6.75. The van der Waals surface area contributed by atoms with Gasteiger partial charge in [-0.1, -0.05) is 54.6 Å². The minimum Gasteiger partial charge on any atom is -0.314 e. The smallest absolute Gasteiger partial charge is 0.168 e. The summed E-state index contributed by atoms with van der Waals surface area (Å²) in [5.74, 6) is 1.40. The fourth-order valence-electron chi connectivity index (χ4n) is 2.85. The van der Waals surface area contributed by atoms with Gasteiger partial charge >= 0.3 is 0 Å². The molecule has 0 unspecified atom stereocenters. The molecule has 3 rings (SSSR count). The third-order valence-electron chi connectivity index (χ3n) is 4.03. The van der Waals surface area contributed by atoms with Crippen LogP contribution in [0.15, 0.2) is 54.6 Å². The third kappa shape index (κ3) is 3.99. The van der Waals surface area contributed by atoms with Crippen LogP contribution in [-0.4, -0.2) is 0 Å². The van der Waals surface area contributed by atoms with Crippen LogP contribution in [0.25, 0.3) is 0 Å². The van der Waals surface area contributed by atoms with Crippen molar-refractivity contribution in [2.24, 2.45) is 0 Å². The first-order valence-electron chi connectivity index (χ1n) is 7.66. The lowest BCUT2D eigenvalue weighted by Gasteiger charge is -2.22. The van der Waals surface area contributed by atoms with Gasteiger partial charge in [-0.25, -0.2) is 5.48 Å². The van der Waals surface area contributed by atoms with Gasteiger partial charge in [0.2, 0.25) is 0 Å². The standard InChI is InChI=1S/C18H21NO2/c1-3-7-15(8-4-1)16-11-13-17(14-12-16)19-21-20-18-9-5-2-6-10-18/h2,5-6,9-15,19H,1,3-4,7-8H2. The molecule has 110 valence electrons. The summed E-state index contributed by atoms with van der Waals surface area (Å²) in [6, 6.07) is 17.9. The van der Waals surface area contributed by atoms with Crippen LogP contribution < -0.4 is 10.4 Å². The van der Waals surface area contributed by atoms with Crippen molar-refractivity contribution in [2.45, 2.75) is 38.0 Å². The molecule has 0 saturated heterocycles. The average molecular weight is 283 g/mol. The van der Waals surface area contributed by atoms with Crippen LogP contribution in [0, 0.1) is 0 Å². The molecular weight excluding hydrogens is 262 g/mol. The number of anilines is 1. The van der Waals surface area contributed by atoms with E-state index in [1.165, 1.54) is 37.7 Å². The summed E-state index contributed by atoms with van der Waals surface area (Å²) < 4.78 is 0. The molecule has 2 aromatic carbocycles. The molecule has 0 aliphatic heterocycles. The Hall–Kier alpha value is -2.00. The van der Waals surface area contributed by atoms with Crippen molar-refractivity contribution in [1.82, 2.24) is 0 Å². The van der Waals surface area contributed by atoms with E-state index >= 15 is 0 Å². The number of hydrogen-bond donors (Lipinski definition) is 1. The molecule has 1 aliphatic rings. The van der Waals surface area contributed by atoms with Crippen LogP contribution in [0.4, 0.5) is 5.69 Å². The molecule has 0 amide bonds. The van der Waals surface area contributed by atoms with E-state index in [2.05, 4.69) is 17.6 Å². The number of nitrogens with one attached hydrogen (secondary N) is 1. The lowest BCUT2D eigenvalue weighted by Crippen LogP contribution is -2.06. The normalized spacial score (nSPS) is 15.6. The average Bonchev–Trinajstić information content (AvgIpc) is 2.57. The van der Waals surface area contributed by atoms with Crippen LogP contribution in [0.3, 0.4) is 0 Å². The summed E-state index contributed by atoms with van der Waals surface area (Å²) in [5, 5.41) is 0. The molecule has 0 bridgehead atoms. The molecule has 3 nitrogen and oxygen atoms in total. The van der Waals surface area contributed by atoms with Crippen molar-refractivity contribution in [1.29, 1.82) is 0 Å². The van der Waals surface area contributed by atoms with Gasteiger partial charge in [0.05, 0.1) is 5.69 Å². The van der Waals surface area contributed by atoms with Gasteiger partial charge in [-0.2, -0.15) is 0 Å². The van der Waals surface area contributed by atoms with E-state index in [-0.39, 0.29) is 0 Å². The minimum absolute atomic E-state index is 0.670. The van der Waals surface area contributed by atoms with Gasteiger partial charge in [0.15, 0.2) is 5.75 Å². The van der Waals surface area contributed by atoms with E-state index in [0.29, 0.717) is 5.75 Å². The van der Waals surface area contributed by atoms with Crippen molar-refractivity contribution in [2.75, 3.05) is 5.48 Å². The van der Waals surface area contributed by atoms with Crippen LogP contribution >= 0.6 is 0 Å². The Kier molecular flexibility index (Phi) is 4.74. The number of para-hydroxylation sites is 1. The summed E-state index contributed by atoms with van der Waals surface area (Å²) in [5.41, 5.74) is 5.13. The van der Waals surface area contributed by atoms with Crippen LogP contribution in [-0.2, 0) is 4.99 Å². The summed E-state index contributed by atoms with van der Waals surface area (Å²) >= 11 is 0. The third-order valence-corrected chi connectivity index (χ3v) is 4.03. The maximum atomic E-state index is 5.15. The first kappa shape index (κ1) is 14.0. The highest BCUT2D eigenvalue weighted by atomic mass is 17.3. The highest BCUT2D eigenvalue weighted by Crippen LogP contribution is 2.32. The van der Waals surface area contributed by atoms with Crippen molar-refractivity contribution >= 4 is 5.69 Å². The predicted octanol–water partition coefficient (Wildman–Crippen LogP) is 5.07. The second-order valence-electron chi connectivity index (χ2n) is 5.54. The Bertz CT molecular complexity index is 533. The topological polar surface area (TPSA) is 30.5 Å². The van der Waals surface area contributed by atoms with Gasteiger partial charge in [-0.15, -0.1) is 0 Å². The lowest BCUT2D eigenvalue weighted by atomic mass is 9.84. The molecule has 1 aliphatic carbocycles. The molecule has 0 atom stereocenters. The number of benzene rings is 2. The van der Waals surface area contributed by atoms with Gasteiger partial charge in [0, 0.05) is 0 Å². The second-order valence-corrected chi connectivity index (χ2v) is 5.54. The van der Waals surface area contributed by atoms with Crippen molar-refractivity contribution in [3.8, 4) is 5.75 Å². The van der Waals surface area contributed by atoms with E-state index in [9.17, 15) is 0 Å². The van der Waals surface area contributed by atoms with Gasteiger partial charge in [-0.3, -0.25) is 0 Å². The molecule has 0 aromatic heterocycles. The maximum absolute atomic E-state index is 5.15. The number of hydrogen-bond acceptors (Lipinski definition) is 3. The van der Waals surface area contributed by atoms with E-state index in [1.807, 2.05) is 42.5 Å². The highest BCUT2D eigenvalue weighted by Gasteiger charge is 2.14. The van der Waals surface area contributed by atoms with E-state index < -0.39 is 0 Å². The molecule has 1 N–H and O–H groups in total. The summed E-state index contributed by atoms with van der Waals surface area (Å²) in [7, 11) is 0. The van der Waals surface area contributed by atoms with E-state index in [0.717, 1.165) is 11.6 Å². The van der Waals surface area contributed by atoms with Crippen LogP contribution in [0.5, 0.6) is 5.75 Å². The Balaban J connectivity index is 1.50.